The van der Waals surface area contributed by atoms with Crippen molar-refractivity contribution in [2.45, 2.75) is 32.2 Å². The number of nitrogens with zero attached hydrogens (tertiary/aromatic N) is 4. The molecule has 26 heavy (non-hydrogen) atoms. The second-order valence-corrected chi connectivity index (χ2v) is 7.21. The number of likely N-dealkylation sites (tertiary alicyclic amines) is 1. The lowest BCUT2D eigenvalue weighted by Crippen LogP contribution is -2.49. The van der Waals surface area contributed by atoms with Crippen LogP contribution in [0.25, 0.3) is 11.3 Å². The average molecular weight is 377 g/mol. The molecule has 3 N–H and O–H groups in total. The van der Waals surface area contributed by atoms with Crippen molar-refractivity contribution in [1.29, 1.82) is 0 Å². The van der Waals surface area contributed by atoms with Gasteiger partial charge in [0.2, 0.25) is 0 Å². The first-order valence-electron chi connectivity index (χ1n) is 8.41. The van der Waals surface area contributed by atoms with Crippen molar-refractivity contribution in [2.75, 3.05) is 13.1 Å². The zero-order valence-electron chi connectivity index (χ0n) is 14.9. The van der Waals surface area contributed by atoms with Crippen LogP contribution in [0.3, 0.4) is 0 Å². The van der Waals surface area contributed by atoms with Gasteiger partial charge in [-0.15, -0.1) is 0 Å². The summed E-state index contributed by atoms with van der Waals surface area (Å²) in [5.41, 5.74) is 7.37. The number of hydrogen-bond donors (Lipinski definition) is 2. The summed E-state index contributed by atoms with van der Waals surface area (Å²) in [6, 6.07) is 4.55. The minimum atomic E-state index is -0.512. The third-order valence-electron chi connectivity index (χ3n) is 4.72. The molecular formula is C18H22ClFN6. The number of aromatic amines is 1. The fourth-order valence-corrected chi connectivity index (χ4v) is 3.22. The zero-order valence-corrected chi connectivity index (χ0v) is 15.6. The number of amidine groups is 1. The van der Waals surface area contributed by atoms with Gasteiger partial charge in [-0.2, -0.15) is 5.10 Å². The molecule has 0 spiro atoms. The molecular weight excluding hydrogens is 355 g/mol. The summed E-state index contributed by atoms with van der Waals surface area (Å²) >= 11 is 6.07. The standard InChI is InChI=1S/C18H22ClFN6/c1-11(26-9-7-18(2,21)8-10-26)23-17-16(22-3)15(24-25-17)12-5-4-6-13(20)14(12)19/h4-6H,3,7-10,21H2,1-2H3,(H,24,25)/b23-11+. The van der Waals surface area contributed by atoms with Gasteiger partial charge in [0.1, 0.15) is 23.0 Å². The van der Waals surface area contributed by atoms with Crippen molar-refractivity contribution in [3.05, 3.63) is 29.0 Å². The van der Waals surface area contributed by atoms with Gasteiger partial charge in [-0.1, -0.05) is 23.7 Å². The second kappa shape index (κ2) is 7.17. The molecule has 0 atom stereocenters. The monoisotopic (exact) mass is 376 g/mol. The highest BCUT2D eigenvalue weighted by atomic mass is 35.5. The molecule has 0 unspecified atom stereocenters. The van der Waals surface area contributed by atoms with Crippen LogP contribution in [0.4, 0.5) is 15.9 Å². The molecule has 8 heteroatoms. The smallest absolute Gasteiger partial charge is 0.176 e. The van der Waals surface area contributed by atoms with Gasteiger partial charge in [-0.25, -0.2) is 9.38 Å². The first-order chi connectivity index (χ1) is 12.3. The van der Waals surface area contributed by atoms with Gasteiger partial charge in [0, 0.05) is 24.2 Å². The highest BCUT2D eigenvalue weighted by Crippen LogP contribution is 2.39. The molecule has 2 aromatic rings. The second-order valence-electron chi connectivity index (χ2n) is 6.83. The minimum absolute atomic E-state index is 0.00517. The van der Waals surface area contributed by atoms with Gasteiger partial charge in [0.15, 0.2) is 5.82 Å². The molecule has 0 radical (unpaired) electrons. The van der Waals surface area contributed by atoms with E-state index < -0.39 is 5.82 Å². The van der Waals surface area contributed by atoms with E-state index in [0.29, 0.717) is 22.8 Å². The normalized spacial score (nSPS) is 17.4. The fraction of sp³-hybridized carbons (Fsp3) is 0.389. The number of benzene rings is 1. The molecule has 0 amide bonds. The predicted octanol–water partition coefficient (Wildman–Crippen LogP) is 4.06. The fourth-order valence-electron chi connectivity index (χ4n) is 3.00. The highest BCUT2D eigenvalue weighted by molar-refractivity contribution is 6.33. The summed E-state index contributed by atoms with van der Waals surface area (Å²) in [7, 11) is 0. The summed E-state index contributed by atoms with van der Waals surface area (Å²) in [6.45, 7) is 9.28. The number of aliphatic imine (C=N–C) groups is 2. The van der Waals surface area contributed by atoms with E-state index >= 15 is 0 Å². The third kappa shape index (κ3) is 3.64. The topological polar surface area (TPSA) is 82.7 Å². The zero-order chi connectivity index (χ0) is 18.9. The van der Waals surface area contributed by atoms with Crippen LogP contribution >= 0.6 is 11.6 Å². The number of halogens is 2. The maximum Gasteiger partial charge on any atom is 0.176 e. The van der Waals surface area contributed by atoms with Gasteiger partial charge in [-0.3, -0.25) is 10.1 Å². The Morgan fingerprint density at radius 1 is 1.42 bits per heavy atom. The Balaban J connectivity index is 1.91. The molecule has 1 aliphatic rings. The van der Waals surface area contributed by atoms with Gasteiger partial charge in [0.25, 0.3) is 0 Å². The summed E-state index contributed by atoms with van der Waals surface area (Å²) in [4.78, 5) is 10.8. The Morgan fingerprint density at radius 2 is 2.12 bits per heavy atom. The minimum Gasteiger partial charge on any atom is -0.360 e. The van der Waals surface area contributed by atoms with E-state index in [0.717, 1.165) is 31.8 Å². The molecule has 3 rings (SSSR count). The number of nitrogens with two attached hydrogens (primary N) is 1. The quantitative estimate of drug-likeness (QED) is 0.625. The molecule has 1 fully saturated rings. The SMILES string of the molecule is C=Nc1c(-c2cccc(F)c2Cl)n[nH]c1/N=C(\C)N1CCC(C)(N)CC1. The summed E-state index contributed by atoms with van der Waals surface area (Å²) in [5.74, 6) is 0.793. The van der Waals surface area contributed by atoms with Crippen LogP contribution in [0.5, 0.6) is 0 Å². The largest absolute Gasteiger partial charge is 0.360 e. The summed E-state index contributed by atoms with van der Waals surface area (Å²) in [6.07, 6.45) is 1.80. The van der Waals surface area contributed by atoms with Crippen LogP contribution in [-0.4, -0.2) is 46.3 Å². The van der Waals surface area contributed by atoms with E-state index in [1.807, 2.05) is 6.92 Å². The maximum absolute atomic E-state index is 13.8. The lowest BCUT2D eigenvalue weighted by atomic mass is 9.91. The highest BCUT2D eigenvalue weighted by Gasteiger charge is 2.26. The third-order valence-corrected chi connectivity index (χ3v) is 5.11. The summed E-state index contributed by atoms with van der Waals surface area (Å²) < 4.78 is 13.8. The van der Waals surface area contributed by atoms with E-state index in [1.54, 1.807) is 12.1 Å². The van der Waals surface area contributed by atoms with Crippen molar-refractivity contribution in [3.8, 4) is 11.3 Å². The Labute approximate surface area is 157 Å². The van der Waals surface area contributed by atoms with Crippen LogP contribution in [-0.2, 0) is 0 Å². The Hall–Kier alpha value is -2.25. The molecule has 1 saturated heterocycles. The Morgan fingerprint density at radius 3 is 2.77 bits per heavy atom. The van der Waals surface area contributed by atoms with Crippen molar-refractivity contribution in [2.24, 2.45) is 15.7 Å². The predicted molar refractivity (Wildman–Crippen MR) is 104 cm³/mol. The van der Waals surface area contributed by atoms with Gasteiger partial charge in [-0.05, 0) is 39.5 Å². The van der Waals surface area contributed by atoms with Crippen molar-refractivity contribution < 1.29 is 4.39 Å². The number of rotatable bonds is 3. The number of aromatic nitrogens is 2. The maximum atomic E-state index is 13.8. The average Bonchev–Trinajstić information content (AvgIpc) is 2.99. The molecule has 0 aliphatic carbocycles. The van der Waals surface area contributed by atoms with E-state index in [9.17, 15) is 4.39 Å². The van der Waals surface area contributed by atoms with E-state index in [1.165, 1.54) is 6.07 Å². The van der Waals surface area contributed by atoms with Crippen molar-refractivity contribution in [1.82, 2.24) is 15.1 Å². The molecule has 0 bridgehead atoms. The van der Waals surface area contributed by atoms with Crippen LogP contribution in [0.15, 0.2) is 28.2 Å². The molecule has 1 aromatic heterocycles. The molecule has 6 nitrogen and oxygen atoms in total. The molecule has 1 aromatic carbocycles. The van der Waals surface area contributed by atoms with Crippen LogP contribution in [0.2, 0.25) is 5.02 Å². The van der Waals surface area contributed by atoms with E-state index in [2.05, 4.69) is 38.7 Å². The van der Waals surface area contributed by atoms with Crippen LogP contribution in [0.1, 0.15) is 26.7 Å². The number of hydrogen-bond acceptors (Lipinski definition) is 4. The van der Waals surface area contributed by atoms with Gasteiger partial charge < -0.3 is 10.6 Å². The molecule has 1 aliphatic heterocycles. The molecule has 2 heterocycles. The molecule has 138 valence electrons. The lowest BCUT2D eigenvalue weighted by Gasteiger charge is -2.37. The van der Waals surface area contributed by atoms with Crippen molar-refractivity contribution >= 4 is 35.7 Å². The van der Waals surface area contributed by atoms with E-state index in [-0.39, 0.29) is 10.6 Å². The van der Waals surface area contributed by atoms with Gasteiger partial charge >= 0.3 is 0 Å². The number of nitrogens with one attached hydrogen (secondary N) is 1. The first kappa shape index (κ1) is 18.5. The summed E-state index contributed by atoms with van der Waals surface area (Å²) in [5, 5.41) is 7.07. The Bertz CT molecular complexity index is 847. The van der Waals surface area contributed by atoms with Crippen LogP contribution < -0.4 is 5.73 Å². The number of H-pyrrole nitrogens is 1. The molecule has 0 saturated carbocycles. The van der Waals surface area contributed by atoms with E-state index in [4.69, 9.17) is 17.3 Å². The first-order valence-corrected chi connectivity index (χ1v) is 8.79. The van der Waals surface area contributed by atoms with Crippen molar-refractivity contribution in [3.63, 3.8) is 0 Å². The Kier molecular flexibility index (Phi) is 5.11. The van der Waals surface area contributed by atoms with Crippen LogP contribution in [0, 0.1) is 5.82 Å². The number of piperidine rings is 1. The lowest BCUT2D eigenvalue weighted by molar-refractivity contribution is 0.244. The van der Waals surface area contributed by atoms with Gasteiger partial charge in [0.05, 0.1) is 5.02 Å².